The molecule has 1 aromatic rings. The summed E-state index contributed by atoms with van der Waals surface area (Å²) in [6.07, 6.45) is 4.81. The van der Waals surface area contributed by atoms with Crippen molar-refractivity contribution in [2.45, 2.75) is 13.0 Å². The topological polar surface area (TPSA) is 33.1 Å². The normalized spacial score (nSPS) is 13.6. The molecule has 58 valence electrons. The monoisotopic (exact) mass is 149 g/mol. The van der Waals surface area contributed by atoms with Crippen molar-refractivity contribution in [3.05, 3.63) is 36.2 Å². The van der Waals surface area contributed by atoms with Crippen molar-refractivity contribution >= 4 is 6.08 Å². The summed E-state index contributed by atoms with van der Waals surface area (Å²) in [5, 5.41) is 8.90. The van der Waals surface area contributed by atoms with E-state index in [2.05, 4.69) is 4.98 Å². The molecule has 1 heterocycles. The van der Waals surface area contributed by atoms with Crippen LogP contribution in [0.2, 0.25) is 0 Å². The van der Waals surface area contributed by atoms with Crippen LogP contribution in [-0.4, -0.2) is 16.2 Å². The quantitative estimate of drug-likeness (QED) is 0.690. The number of aromatic nitrogens is 1. The molecule has 0 bridgehead atoms. The van der Waals surface area contributed by atoms with Gasteiger partial charge in [-0.25, -0.2) is 0 Å². The van der Waals surface area contributed by atoms with E-state index in [-0.39, 0.29) is 0 Å². The summed E-state index contributed by atoms with van der Waals surface area (Å²) in [5.74, 6) is 0. The van der Waals surface area contributed by atoms with Gasteiger partial charge in [-0.05, 0) is 25.1 Å². The number of aliphatic hydroxyl groups is 1. The summed E-state index contributed by atoms with van der Waals surface area (Å²) in [5.41, 5.74) is 0.869. The predicted molar refractivity (Wildman–Crippen MR) is 45.0 cm³/mol. The van der Waals surface area contributed by atoms with Crippen LogP contribution in [0.1, 0.15) is 12.6 Å². The average Bonchev–Trinajstić information content (AvgIpc) is 2.03. The van der Waals surface area contributed by atoms with Crippen molar-refractivity contribution in [2.24, 2.45) is 0 Å². The Labute approximate surface area is 66.2 Å². The van der Waals surface area contributed by atoms with Crippen molar-refractivity contribution in [1.82, 2.24) is 4.98 Å². The zero-order valence-electron chi connectivity index (χ0n) is 6.44. The third kappa shape index (κ3) is 2.96. The molecule has 2 heteroatoms. The number of aliphatic hydroxyl groups excluding tert-OH is 1. The Kier molecular flexibility index (Phi) is 2.81. The highest BCUT2D eigenvalue weighted by molar-refractivity contribution is 5.44. The fourth-order valence-electron chi connectivity index (χ4n) is 0.712. The number of hydrogen-bond acceptors (Lipinski definition) is 2. The third-order valence-electron chi connectivity index (χ3n) is 1.23. The van der Waals surface area contributed by atoms with Crippen molar-refractivity contribution in [1.29, 1.82) is 0 Å². The average molecular weight is 149 g/mol. The lowest BCUT2D eigenvalue weighted by Gasteiger charge is -1.93. The maximum absolute atomic E-state index is 8.90. The molecule has 1 atom stereocenters. The van der Waals surface area contributed by atoms with Gasteiger partial charge in [-0.1, -0.05) is 12.1 Å². The molecule has 1 rings (SSSR count). The lowest BCUT2D eigenvalue weighted by molar-refractivity contribution is 0.245. The van der Waals surface area contributed by atoms with Gasteiger partial charge in [-0.2, -0.15) is 0 Å². The van der Waals surface area contributed by atoms with Crippen molar-refractivity contribution in [3.63, 3.8) is 0 Å². The molecule has 0 spiro atoms. The van der Waals surface area contributed by atoms with Crippen LogP contribution < -0.4 is 0 Å². The van der Waals surface area contributed by atoms with Crippen LogP contribution in [0.15, 0.2) is 30.5 Å². The van der Waals surface area contributed by atoms with E-state index >= 15 is 0 Å². The molecule has 0 saturated heterocycles. The molecular weight excluding hydrogens is 138 g/mol. The zero-order chi connectivity index (χ0) is 8.10. The first-order chi connectivity index (χ1) is 5.29. The SMILES string of the molecule is C[C@H](O)/C=C/c1ccccn1. The Bertz CT molecular complexity index is 229. The molecule has 0 radical (unpaired) electrons. The molecule has 0 unspecified atom stereocenters. The summed E-state index contributed by atoms with van der Waals surface area (Å²) < 4.78 is 0. The maximum atomic E-state index is 8.90. The second-order valence-corrected chi connectivity index (χ2v) is 2.35. The van der Waals surface area contributed by atoms with Gasteiger partial charge >= 0.3 is 0 Å². The summed E-state index contributed by atoms with van der Waals surface area (Å²) in [6, 6.07) is 5.66. The van der Waals surface area contributed by atoms with Crippen LogP contribution in [0.25, 0.3) is 6.08 Å². The summed E-state index contributed by atoms with van der Waals surface area (Å²) in [6.45, 7) is 1.71. The van der Waals surface area contributed by atoms with Crippen molar-refractivity contribution < 1.29 is 5.11 Å². The van der Waals surface area contributed by atoms with Gasteiger partial charge in [0.15, 0.2) is 0 Å². The van der Waals surface area contributed by atoms with Crippen molar-refractivity contribution in [3.8, 4) is 0 Å². The second-order valence-electron chi connectivity index (χ2n) is 2.35. The predicted octanol–water partition coefficient (Wildman–Crippen LogP) is 1.48. The van der Waals surface area contributed by atoms with Crippen LogP contribution in [0.4, 0.5) is 0 Å². The van der Waals surface area contributed by atoms with Gasteiger partial charge in [-0.3, -0.25) is 4.98 Å². The molecule has 0 aliphatic rings. The fraction of sp³-hybridized carbons (Fsp3) is 0.222. The van der Waals surface area contributed by atoms with E-state index in [1.54, 1.807) is 25.3 Å². The smallest absolute Gasteiger partial charge is 0.0696 e. The van der Waals surface area contributed by atoms with Crippen LogP contribution in [0, 0.1) is 0 Å². The summed E-state index contributed by atoms with van der Waals surface area (Å²) in [7, 11) is 0. The minimum atomic E-state index is -0.406. The van der Waals surface area contributed by atoms with Gasteiger partial charge in [0.25, 0.3) is 0 Å². The number of rotatable bonds is 2. The minimum Gasteiger partial charge on any atom is -0.389 e. The van der Waals surface area contributed by atoms with E-state index in [4.69, 9.17) is 5.11 Å². The molecule has 0 fully saturated rings. The van der Waals surface area contributed by atoms with E-state index < -0.39 is 6.10 Å². The van der Waals surface area contributed by atoms with Gasteiger partial charge in [0.05, 0.1) is 11.8 Å². The second kappa shape index (κ2) is 3.88. The van der Waals surface area contributed by atoms with E-state index in [0.717, 1.165) is 5.69 Å². The van der Waals surface area contributed by atoms with Gasteiger partial charge in [-0.15, -0.1) is 0 Å². The number of hydrogen-bond donors (Lipinski definition) is 1. The zero-order valence-corrected chi connectivity index (χ0v) is 6.44. The highest BCUT2D eigenvalue weighted by Crippen LogP contribution is 1.97. The fourth-order valence-corrected chi connectivity index (χ4v) is 0.712. The third-order valence-corrected chi connectivity index (χ3v) is 1.23. The Balaban J connectivity index is 2.65. The number of pyridine rings is 1. The molecule has 0 aliphatic carbocycles. The molecule has 1 aromatic heterocycles. The molecule has 0 aromatic carbocycles. The number of nitrogens with zero attached hydrogens (tertiary/aromatic N) is 1. The lowest BCUT2D eigenvalue weighted by atomic mass is 10.3. The summed E-state index contributed by atoms with van der Waals surface area (Å²) in [4.78, 5) is 4.05. The van der Waals surface area contributed by atoms with E-state index in [1.807, 2.05) is 18.2 Å². The maximum Gasteiger partial charge on any atom is 0.0696 e. The first kappa shape index (κ1) is 7.95. The van der Waals surface area contributed by atoms with E-state index in [0.29, 0.717) is 0 Å². The standard InChI is InChI=1S/C9H11NO/c1-8(11)5-6-9-4-2-3-7-10-9/h2-8,11H,1H3/b6-5+/t8-/m0/s1. The Hall–Kier alpha value is -1.15. The molecule has 0 amide bonds. The lowest BCUT2D eigenvalue weighted by Crippen LogP contribution is -1.91. The Morgan fingerprint density at radius 3 is 2.91 bits per heavy atom. The van der Waals surface area contributed by atoms with Crippen LogP contribution in [-0.2, 0) is 0 Å². The molecule has 2 nitrogen and oxygen atoms in total. The highest BCUT2D eigenvalue weighted by atomic mass is 16.3. The Morgan fingerprint density at radius 1 is 1.55 bits per heavy atom. The molecule has 0 saturated carbocycles. The Morgan fingerprint density at radius 2 is 2.36 bits per heavy atom. The highest BCUT2D eigenvalue weighted by Gasteiger charge is 1.86. The van der Waals surface area contributed by atoms with Crippen LogP contribution >= 0.6 is 0 Å². The van der Waals surface area contributed by atoms with E-state index in [9.17, 15) is 0 Å². The van der Waals surface area contributed by atoms with Gasteiger partial charge in [0.1, 0.15) is 0 Å². The van der Waals surface area contributed by atoms with Crippen LogP contribution in [0.5, 0.6) is 0 Å². The molecule has 0 aliphatic heterocycles. The minimum absolute atomic E-state index is 0.406. The molecule has 1 N–H and O–H groups in total. The largest absolute Gasteiger partial charge is 0.389 e. The first-order valence-corrected chi connectivity index (χ1v) is 3.56. The van der Waals surface area contributed by atoms with Gasteiger partial charge in [0.2, 0.25) is 0 Å². The summed E-state index contributed by atoms with van der Waals surface area (Å²) >= 11 is 0. The van der Waals surface area contributed by atoms with Crippen molar-refractivity contribution in [2.75, 3.05) is 0 Å². The van der Waals surface area contributed by atoms with Crippen LogP contribution in [0.3, 0.4) is 0 Å². The molecular formula is C9H11NO. The van der Waals surface area contributed by atoms with Gasteiger partial charge < -0.3 is 5.11 Å². The molecule has 11 heavy (non-hydrogen) atoms. The van der Waals surface area contributed by atoms with Gasteiger partial charge in [0, 0.05) is 6.20 Å². The van der Waals surface area contributed by atoms with E-state index in [1.165, 1.54) is 0 Å². The first-order valence-electron chi connectivity index (χ1n) is 3.56.